The van der Waals surface area contributed by atoms with Crippen LogP contribution in [0.3, 0.4) is 0 Å². The molecule has 0 atom stereocenters. The zero-order chi connectivity index (χ0) is 14.1. The lowest BCUT2D eigenvalue weighted by atomic mass is 10.3. The highest BCUT2D eigenvalue weighted by atomic mass is 79.9. The first kappa shape index (κ1) is 14.4. The summed E-state index contributed by atoms with van der Waals surface area (Å²) in [6.45, 7) is 0.666. The van der Waals surface area contributed by atoms with Crippen molar-refractivity contribution in [2.45, 2.75) is 25.3 Å². The maximum Gasteiger partial charge on any atom is 0.267 e. The number of amides is 1. The quantitative estimate of drug-likeness (QED) is 0.769. The van der Waals surface area contributed by atoms with Crippen molar-refractivity contribution < 1.29 is 4.79 Å². The van der Waals surface area contributed by atoms with Gasteiger partial charge in [-0.05, 0) is 69.3 Å². The van der Waals surface area contributed by atoms with Crippen molar-refractivity contribution in [3.8, 4) is 0 Å². The van der Waals surface area contributed by atoms with E-state index < -0.39 is 0 Å². The van der Waals surface area contributed by atoms with E-state index in [0.29, 0.717) is 12.6 Å². The summed E-state index contributed by atoms with van der Waals surface area (Å²) in [4.78, 5) is 13.5. The van der Waals surface area contributed by atoms with Crippen LogP contribution in [0, 0.1) is 0 Å². The summed E-state index contributed by atoms with van der Waals surface area (Å²) in [5, 5.41) is 3.00. The van der Waals surface area contributed by atoms with Gasteiger partial charge in [0.05, 0.1) is 3.79 Å². The Balaban J connectivity index is 1.59. The fourth-order valence-corrected chi connectivity index (χ4v) is 4.08. The molecule has 106 valence electrons. The van der Waals surface area contributed by atoms with E-state index >= 15 is 0 Å². The number of nitrogens with zero attached hydrogens (tertiary/aromatic N) is 1. The van der Waals surface area contributed by atoms with Crippen LogP contribution in [-0.2, 0) is 6.42 Å². The number of aromatic nitrogens is 1. The molecule has 6 heteroatoms. The SMILES string of the molecule is O=C(NCCc1ccc(Br)s1)c1cc(Br)cn1C1CC1. The highest BCUT2D eigenvalue weighted by Gasteiger charge is 2.27. The van der Waals surface area contributed by atoms with Gasteiger partial charge in [-0.1, -0.05) is 0 Å². The number of halogens is 2. The maximum atomic E-state index is 12.2. The minimum absolute atomic E-state index is 0.0122. The summed E-state index contributed by atoms with van der Waals surface area (Å²) in [5.74, 6) is 0.0122. The first-order chi connectivity index (χ1) is 9.63. The van der Waals surface area contributed by atoms with E-state index in [0.717, 1.165) is 20.4 Å². The van der Waals surface area contributed by atoms with E-state index in [4.69, 9.17) is 0 Å². The van der Waals surface area contributed by atoms with Gasteiger partial charge in [0.1, 0.15) is 5.69 Å². The third-order valence-electron chi connectivity index (χ3n) is 3.27. The van der Waals surface area contributed by atoms with Crippen LogP contribution in [0.15, 0.2) is 32.7 Å². The van der Waals surface area contributed by atoms with E-state index in [1.54, 1.807) is 11.3 Å². The molecule has 1 saturated carbocycles. The highest BCUT2D eigenvalue weighted by Crippen LogP contribution is 2.37. The molecule has 0 aromatic carbocycles. The van der Waals surface area contributed by atoms with E-state index in [-0.39, 0.29) is 5.91 Å². The first-order valence-corrected chi connectivity index (χ1v) is 8.93. The average Bonchev–Trinajstić information content (AvgIpc) is 3.06. The van der Waals surface area contributed by atoms with E-state index in [2.05, 4.69) is 47.8 Å². The van der Waals surface area contributed by atoms with Crippen molar-refractivity contribution >= 4 is 49.1 Å². The Morgan fingerprint density at radius 3 is 2.85 bits per heavy atom. The van der Waals surface area contributed by atoms with E-state index in [9.17, 15) is 4.79 Å². The van der Waals surface area contributed by atoms with E-state index in [1.165, 1.54) is 17.7 Å². The molecule has 0 spiro atoms. The summed E-state index contributed by atoms with van der Waals surface area (Å²) >= 11 is 8.61. The predicted molar refractivity (Wildman–Crippen MR) is 88.5 cm³/mol. The fraction of sp³-hybridized carbons (Fsp3) is 0.357. The number of hydrogen-bond donors (Lipinski definition) is 1. The summed E-state index contributed by atoms with van der Waals surface area (Å²) in [5.41, 5.74) is 0.756. The molecule has 0 unspecified atom stereocenters. The minimum Gasteiger partial charge on any atom is -0.350 e. The Labute approximate surface area is 138 Å². The molecule has 0 saturated heterocycles. The summed E-state index contributed by atoms with van der Waals surface area (Å²) < 4.78 is 4.18. The molecular weight excluding hydrogens is 404 g/mol. The van der Waals surface area contributed by atoms with Gasteiger partial charge in [0.25, 0.3) is 5.91 Å². The normalized spacial score (nSPS) is 14.5. The smallest absolute Gasteiger partial charge is 0.267 e. The van der Waals surface area contributed by atoms with Crippen molar-refractivity contribution in [2.75, 3.05) is 6.54 Å². The van der Waals surface area contributed by atoms with Crippen molar-refractivity contribution in [2.24, 2.45) is 0 Å². The minimum atomic E-state index is 0.0122. The summed E-state index contributed by atoms with van der Waals surface area (Å²) in [6, 6.07) is 6.53. The van der Waals surface area contributed by atoms with Gasteiger partial charge in [-0.2, -0.15) is 0 Å². The number of thiophene rings is 1. The Hall–Kier alpha value is -0.590. The Kier molecular flexibility index (Phi) is 4.33. The summed E-state index contributed by atoms with van der Waals surface area (Å²) in [7, 11) is 0. The highest BCUT2D eigenvalue weighted by molar-refractivity contribution is 9.11. The molecule has 1 N–H and O–H groups in total. The van der Waals surface area contributed by atoms with Crippen LogP contribution in [0.1, 0.15) is 34.2 Å². The third-order valence-corrected chi connectivity index (χ3v) is 5.39. The molecule has 1 amide bonds. The lowest BCUT2D eigenvalue weighted by Crippen LogP contribution is -2.27. The van der Waals surface area contributed by atoms with Gasteiger partial charge in [-0.15, -0.1) is 11.3 Å². The van der Waals surface area contributed by atoms with Gasteiger partial charge in [-0.3, -0.25) is 4.79 Å². The molecule has 1 aliphatic rings. The second kappa shape index (κ2) is 6.03. The first-order valence-electron chi connectivity index (χ1n) is 6.53. The number of hydrogen-bond acceptors (Lipinski definition) is 2. The van der Waals surface area contributed by atoms with Gasteiger partial charge in [0.2, 0.25) is 0 Å². The van der Waals surface area contributed by atoms with Crippen LogP contribution in [0.2, 0.25) is 0 Å². The Morgan fingerprint density at radius 2 is 2.20 bits per heavy atom. The third kappa shape index (κ3) is 3.35. The van der Waals surface area contributed by atoms with Gasteiger partial charge >= 0.3 is 0 Å². The molecule has 2 heterocycles. The van der Waals surface area contributed by atoms with Gasteiger partial charge in [0, 0.05) is 28.1 Å². The monoisotopic (exact) mass is 416 g/mol. The summed E-state index contributed by atoms with van der Waals surface area (Å²) in [6.07, 6.45) is 5.21. The fourth-order valence-electron chi connectivity index (χ4n) is 2.16. The average molecular weight is 418 g/mol. The van der Waals surface area contributed by atoms with Crippen LogP contribution in [0.25, 0.3) is 0 Å². The predicted octanol–water partition coefficient (Wildman–Crippen LogP) is 4.38. The van der Waals surface area contributed by atoms with Crippen molar-refractivity contribution in [1.29, 1.82) is 0 Å². The molecule has 20 heavy (non-hydrogen) atoms. The molecule has 3 nitrogen and oxygen atoms in total. The molecule has 1 aliphatic carbocycles. The molecule has 2 aromatic heterocycles. The molecule has 1 fully saturated rings. The molecule has 0 aliphatic heterocycles. The number of nitrogens with one attached hydrogen (secondary N) is 1. The van der Waals surface area contributed by atoms with Crippen LogP contribution >= 0.6 is 43.2 Å². The van der Waals surface area contributed by atoms with Gasteiger partial charge in [0.15, 0.2) is 0 Å². The zero-order valence-electron chi connectivity index (χ0n) is 10.7. The zero-order valence-corrected chi connectivity index (χ0v) is 14.7. The number of rotatable bonds is 5. The van der Waals surface area contributed by atoms with Crippen molar-refractivity contribution in [3.63, 3.8) is 0 Å². The molecule has 2 aromatic rings. The van der Waals surface area contributed by atoms with E-state index in [1.807, 2.05) is 18.3 Å². The van der Waals surface area contributed by atoms with Crippen molar-refractivity contribution in [3.05, 3.63) is 43.2 Å². The van der Waals surface area contributed by atoms with Crippen molar-refractivity contribution in [1.82, 2.24) is 9.88 Å². The maximum absolute atomic E-state index is 12.2. The number of carbonyl (C=O) groups excluding carboxylic acids is 1. The van der Waals surface area contributed by atoms with Crippen LogP contribution < -0.4 is 5.32 Å². The lowest BCUT2D eigenvalue weighted by Gasteiger charge is -2.08. The topological polar surface area (TPSA) is 34.0 Å². The van der Waals surface area contributed by atoms with Crippen LogP contribution in [-0.4, -0.2) is 17.0 Å². The van der Waals surface area contributed by atoms with Gasteiger partial charge < -0.3 is 9.88 Å². The molecule has 0 bridgehead atoms. The Bertz CT molecular complexity index is 631. The molecule has 3 rings (SSSR count). The molecular formula is C14H14Br2N2OS. The standard InChI is InChI=1S/C14H14Br2N2OS/c15-9-7-12(18(8-9)10-1-2-10)14(19)17-6-5-11-3-4-13(16)20-11/h3-4,7-8,10H,1-2,5-6H2,(H,17,19). The lowest BCUT2D eigenvalue weighted by molar-refractivity contribution is 0.0944. The number of carbonyl (C=O) groups is 1. The second-order valence-corrected chi connectivity index (χ2v) is 8.36. The molecule has 0 radical (unpaired) electrons. The van der Waals surface area contributed by atoms with Crippen LogP contribution in [0.4, 0.5) is 0 Å². The Morgan fingerprint density at radius 1 is 1.40 bits per heavy atom. The van der Waals surface area contributed by atoms with Crippen LogP contribution in [0.5, 0.6) is 0 Å². The largest absolute Gasteiger partial charge is 0.350 e. The second-order valence-electron chi connectivity index (χ2n) is 4.89. The van der Waals surface area contributed by atoms with Gasteiger partial charge in [-0.25, -0.2) is 0 Å².